The van der Waals surface area contributed by atoms with Crippen LogP contribution in [-0.4, -0.2) is 18.0 Å². The van der Waals surface area contributed by atoms with Crippen molar-refractivity contribution in [3.05, 3.63) is 29.0 Å². The number of carbonyl (C=O) groups excluding carboxylic acids is 1. The second-order valence-electron chi connectivity index (χ2n) is 5.69. The monoisotopic (exact) mass is 312 g/mol. The molecule has 1 aromatic rings. The highest BCUT2D eigenvalue weighted by Crippen LogP contribution is 2.23. The van der Waals surface area contributed by atoms with Gasteiger partial charge in [-0.05, 0) is 38.0 Å². The average molecular weight is 313 g/mol. The van der Waals surface area contributed by atoms with E-state index >= 15 is 0 Å². The molecule has 1 saturated carbocycles. The fourth-order valence-electron chi connectivity index (χ4n) is 2.71. The van der Waals surface area contributed by atoms with Crippen molar-refractivity contribution in [2.24, 2.45) is 0 Å². The molecule has 2 rings (SSSR count). The number of amides is 1. The van der Waals surface area contributed by atoms with Gasteiger partial charge in [0.05, 0.1) is 16.8 Å². The summed E-state index contributed by atoms with van der Waals surface area (Å²) in [5.41, 5.74) is 0.442. The zero-order valence-corrected chi connectivity index (χ0v) is 13.0. The fraction of sp³-hybridized carbons (Fsp3) is 0.562. The van der Waals surface area contributed by atoms with E-state index in [4.69, 9.17) is 11.6 Å². The van der Waals surface area contributed by atoms with Gasteiger partial charge in [-0.2, -0.15) is 0 Å². The van der Waals surface area contributed by atoms with Gasteiger partial charge in [0, 0.05) is 6.04 Å². The summed E-state index contributed by atoms with van der Waals surface area (Å²) in [6.07, 6.45) is 7.24. The van der Waals surface area contributed by atoms with Crippen LogP contribution in [0.3, 0.4) is 0 Å². The third kappa shape index (κ3) is 4.97. The summed E-state index contributed by atoms with van der Waals surface area (Å²) >= 11 is 5.92. The second-order valence-corrected chi connectivity index (χ2v) is 6.10. The lowest BCUT2D eigenvalue weighted by Gasteiger charge is -2.21. The zero-order valence-electron chi connectivity index (χ0n) is 12.3. The summed E-state index contributed by atoms with van der Waals surface area (Å²) in [7, 11) is 0. The van der Waals surface area contributed by atoms with Gasteiger partial charge in [0.1, 0.15) is 5.82 Å². The van der Waals surface area contributed by atoms with Crippen LogP contribution < -0.4 is 10.6 Å². The summed E-state index contributed by atoms with van der Waals surface area (Å²) in [5.74, 6) is -0.560. The molecule has 1 aliphatic carbocycles. The molecule has 116 valence electrons. The van der Waals surface area contributed by atoms with Crippen LogP contribution in [0.2, 0.25) is 5.02 Å². The molecule has 0 saturated heterocycles. The Morgan fingerprint density at radius 2 is 1.95 bits per heavy atom. The van der Waals surface area contributed by atoms with Gasteiger partial charge in [0.2, 0.25) is 5.91 Å². The quantitative estimate of drug-likeness (QED) is 0.821. The van der Waals surface area contributed by atoms with Gasteiger partial charge in [0.25, 0.3) is 0 Å². The van der Waals surface area contributed by atoms with Crippen molar-refractivity contribution in [3.63, 3.8) is 0 Å². The van der Waals surface area contributed by atoms with Crippen LogP contribution in [0.25, 0.3) is 0 Å². The molecule has 2 N–H and O–H groups in total. The topological polar surface area (TPSA) is 41.1 Å². The first-order chi connectivity index (χ1) is 10.1. The van der Waals surface area contributed by atoms with Gasteiger partial charge in [-0.25, -0.2) is 4.39 Å². The van der Waals surface area contributed by atoms with E-state index in [1.54, 1.807) is 0 Å². The van der Waals surface area contributed by atoms with Crippen LogP contribution >= 0.6 is 11.6 Å². The summed E-state index contributed by atoms with van der Waals surface area (Å²) in [6.45, 7) is 1.84. The third-order valence-corrected chi connectivity index (χ3v) is 4.24. The van der Waals surface area contributed by atoms with E-state index in [1.165, 1.54) is 43.9 Å². The molecule has 1 aliphatic rings. The molecule has 21 heavy (non-hydrogen) atoms. The highest BCUT2D eigenvalue weighted by atomic mass is 35.5. The van der Waals surface area contributed by atoms with Gasteiger partial charge >= 0.3 is 0 Å². The van der Waals surface area contributed by atoms with Crippen molar-refractivity contribution in [2.45, 2.75) is 57.5 Å². The van der Waals surface area contributed by atoms with Gasteiger partial charge in [-0.1, -0.05) is 37.3 Å². The van der Waals surface area contributed by atoms with Crippen molar-refractivity contribution in [3.8, 4) is 0 Å². The molecule has 1 atom stereocenters. The molecule has 1 aromatic carbocycles. The normalized spacial score (nSPS) is 18.0. The Morgan fingerprint density at radius 3 is 2.57 bits per heavy atom. The lowest BCUT2D eigenvalue weighted by atomic mass is 10.1. The van der Waals surface area contributed by atoms with Crippen molar-refractivity contribution in [2.75, 3.05) is 5.32 Å². The Morgan fingerprint density at radius 1 is 1.29 bits per heavy atom. The van der Waals surface area contributed by atoms with Crippen molar-refractivity contribution in [1.82, 2.24) is 5.32 Å². The smallest absolute Gasteiger partial charge is 0.241 e. The van der Waals surface area contributed by atoms with Crippen LogP contribution in [0.15, 0.2) is 18.2 Å². The van der Waals surface area contributed by atoms with Crippen molar-refractivity contribution >= 4 is 23.2 Å². The van der Waals surface area contributed by atoms with E-state index in [2.05, 4.69) is 10.6 Å². The summed E-state index contributed by atoms with van der Waals surface area (Å²) < 4.78 is 13.0. The summed E-state index contributed by atoms with van der Waals surface area (Å²) in [4.78, 5) is 12.2. The van der Waals surface area contributed by atoms with Crippen LogP contribution in [-0.2, 0) is 4.79 Å². The number of rotatable bonds is 4. The Hall–Kier alpha value is -1.13. The third-order valence-electron chi connectivity index (χ3n) is 3.92. The van der Waals surface area contributed by atoms with Crippen molar-refractivity contribution in [1.29, 1.82) is 0 Å². The van der Waals surface area contributed by atoms with Crippen LogP contribution in [0, 0.1) is 5.82 Å². The number of nitrogens with one attached hydrogen (secondary N) is 2. The summed E-state index contributed by atoms with van der Waals surface area (Å²) in [5, 5.41) is 6.34. The summed E-state index contributed by atoms with van der Waals surface area (Å²) in [6, 6.07) is 4.06. The lowest BCUT2D eigenvalue weighted by molar-refractivity contribution is -0.118. The Bertz CT molecular complexity index is 487. The Kier molecular flexibility index (Phi) is 6.00. The van der Waals surface area contributed by atoms with Crippen LogP contribution in [0.5, 0.6) is 0 Å². The van der Waals surface area contributed by atoms with E-state index in [-0.39, 0.29) is 17.0 Å². The molecular formula is C16H22ClFN2O. The number of halogens is 2. The maximum atomic E-state index is 13.0. The molecule has 0 unspecified atom stereocenters. The molecule has 0 bridgehead atoms. The Labute approximate surface area is 130 Å². The molecule has 1 fully saturated rings. The highest BCUT2D eigenvalue weighted by molar-refractivity contribution is 6.33. The van der Waals surface area contributed by atoms with E-state index in [0.29, 0.717) is 11.7 Å². The van der Waals surface area contributed by atoms with E-state index in [9.17, 15) is 9.18 Å². The van der Waals surface area contributed by atoms with E-state index < -0.39 is 5.82 Å². The molecular weight excluding hydrogens is 291 g/mol. The fourth-order valence-corrected chi connectivity index (χ4v) is 2.92. The number of carbonyl (C=O) groups is 1. The standard InChI is InChI=1S/C16H22ClFN2O/c1-11(19-13-6-4-2-3-5-7-13)16(21)20-15-9-8-12(18)10-14(15)17/h8-11,13,19H,2-7H2,1H3,(H,20,21)/t11-/m1/s1. The molecule has 0 aliphatic heterocycles. The zero-order chi connectivity index (χ0) is 15.2. The molecule has 0 spiro atoms. The first kappa shape index (κ1) is 16.2. The first-order valence-electron chi connectivity index (χ1n) is 7.58. The largest absolute Gasteiger partial charge is 0.323 e. The predicted molar refractivity (Wildman–Crippen MR) is 84.1 cm³/mol. The number of hydrogen-bond donors (Lipinski definition) is 2. The number of hydrogen-bond acceptors (Lipinski definition) is 2. The maximum Gasteiger partial charge on any atom is 0.241 e. The SMILES string of the molecule is C[C@@H](NC1CCCCCC1)C(=O)Nc1ccc(F)cc1Cl. The van der Waals surface area contributed by atoms with Crippen LogP contribution in [0.1, 0.15) is 45.4 Å². The van der Waals surface area contributed by atoms with Gasteiger partial charge in [-0.15, -0.1) is 0 Å². The maximum absolute atomic E-state index is 13.0. The molecule has 0 aromatic heterocycles. The molecule has 0 heterocycles. The minimum Gasteiger partial charge on any atom is -0.323 e. The van der Waals surface area contributed by atoms with Gasteiger partial charge in [0.15, 0.2) is 0 Å². The average Bonchev–Trinajstić information content (AvgIpc) is 2.70. The minimum atomic E-state index is -0.414. The van der Waals surface area contributed by atoms with Gasteiger partial charge in [-0.3, -0.25) is 4.79 Å². The molecule has 3 nitrogen and oxygen atoms in total. The first-order valence-corrected chi connectivity index (χ1v) is 7.96. The number of benzene rings is 1. The van der Waals surface area contributed by atoms with E-state index in [1.807, 2.05) is 6.92 Å². The second kappa shape index (κ2) is 7.76. The number of anilines is 1. The molecule has 0 radical (unpaired) electrons. The highest BCUT2D eigenvalue weighted by Gasteiger charge is 2.19. The predicted octanol–water partition coefficient (Wildman–Crippen LogP) is 4.12. The van der Waals surface area contributed by atoms with Crippen molar-refractivity contribution < 1.29 is 9.18 Å². The Balaban J connectivity index is 1.89. The molecule has 1 amide bonds. The van der Waals surface area contributed by atoms with Crippen LogP contribution in [0.4, 0.5) is 10.1 Å². The van der Waals surface area contributed by atoms with Gasteiger partial charge < -0.3 is 10.6 Å². The van der Waals surface area contributed by atoms with E-state index in [0.717, 1.165) is 12.8 Å². The lowest BCUT2D eigenvalue weighted by Crippen LogP contribution is -2.43. The minimum absolute atomic E-state index is 0.146. The molecule has 5 heteroatoms.